The van der Waals surface area contributed by atoms with E-state index in [4.69, 9.17) is 17.3 Å². The summed E-state index contributed by atoms with van der Waals surface area (Å²) in [5.41, 5.74) is 6.34. The van der Waals surface area contributed by atoms with E-state index in [9.17, 15) is 8.42 Å². The number of hydrogen-bond donors (Lipinski definition) is 2. The number of H-pyrrole nitrogens is 1. The molecule has 0 aromatic carbocycles. The number of nitrogens with zero attached hydrogens (tertiary/aromatic N) is 2. The summed E-state index contributed by atoms with van der Waals surface area (Å²) >= 11 is 6.11. The Balaban J connectivity index is 0.00000161. The van der Waals surface area contributed by atoms with Crippen molar-refractivity contribution >= 4 is 45.1 Å². The van der Waals surface area contributed by atoms with Gasteiger partial charge in [0.15, 0.2) is 0 Å². The van der Waals surface area contributed by atoms with E-state index in [1.165, 1.54) is 16.7 Å². The summed E-state index contributed by atoms with van der Waals surface area (Å²) in [6, 6.07) is 1.47. The molecule has 3 rings (SSSR count). The van der Waals surface area contributed by atoms with Gasteiger partial charge in [-0.3, -0.25) is 0 Å². The third-order valence-corrected chi connectivity index (χ3v) is 5.73. The van der Waals surface area contributed by atoms with Crippen molar-refractivity contribution in [2.75, 3.05) is 13.1 Å². The van der Waals surface area contributed by atoms with Crippen LogP contribution in [0.25, 0.3) is 11.0 Å². The van der Waals surface area contributed by atoms with Gasteiger partial charge in [-0.25, -0.2) is 13.4 Å². The second-order valence-corrected chi connectivity index (χ2v) is 7.25. The Kier molecular flexibility index (Phi) is 4.79. The first-order valence-corrected chi connectivity index (χ1v) is 8.19. The number of nitrogens with two attached hydrogens (primary N) is 1. The van der Waals surface area contributed by atoms with Gasteiger partial charge in [0.25, 0.3) is 0 Å². The van der Waals surface area contributed by atoms with Crippen LogP contribution in [0.2, 0.25) is 5.02 Å². The van der Waals surface area contributed by atoms with Crippen molar-refractivity contribution in [3.8, 4) is 0 Å². The lowest BCUT2D eigenvalue weighted by molar-refractivity contribution is 0.316. The van der Waals surface area contributed by atoms with E-state index in [1.807, 2.05) is 0 Å². The normalized spacial score (nSPS) is 20.4. The molecule has 0 spiro atoms. The first-order chi connectivity index (χ1) is 9.50. The zero-order valence-corrected chi connectivity index (χ0v) is 13.5. The lowest BCUT2D eigenvalue weighted by Gasteiger charge is -2.29. The molecular formula is C12H16Cl2N4O2S. The molecule has 3 heterocycles. The largest absolute Gasteiger partial charge is 0.345 e. The summed E-state index contributed by atoms with van der Waals surface area (Å²) in [6.45, 7) is 0.827. The summed E-state index contributed by atoms with van der Waals surface area (Å²) in [5.74, 6) is 0. The monoisotopic (exact) mass is 350 g/mol. The molecule has 0 aliphatic carbocycles. The number of pyridine rings is 1. The molecular weight excluding hydrogens is 335 g/mol. The Labute approximate surface area is 134 Å². The fourth-order valence-corrected chi connectivity index (χ4v) is 4.53. The number of hydrogen-bond acceptors (Lipinski definition) is 4. The molecule has 0 amide bonds. The number of rotatable bonds is 2. The molecule has 1 aliphatic rings. The van der Waals surface area contributed by atoms with Crippen LogP contribution in [0.1, 0.15) is 12.8 Å². The summed E-state index contributed by atoms with van der Waals surface area (Å²) in [4.78, 5) is 7.11. The molecule has 21 heavy (non-hydrogen) atoms. The van der Waals surface area contributed by atoms with Gasteiger partial charge in [0, 0.05) is 31.5 Å². The van der Waals surface area contributed by atoms with Gasteiger partial charge < -0.3 is 10.7 Å². The van der Waals surface area contributed by atoms with E-state index in [-0.39, 0.29) is 23.3 Å². The average molecular weight is 351 g/mol. The van der Waals surface area contributed by atoms with Crippen LogP contribution in [0.5, 0.6) is 0 Å². The third kappa shape index (κ3) is 2.89. The van der Waals surface area contributed by atoms with Gasteiger partial charge in [-0.15, -0.1) is 12.4 Å². The maximum Gasteiger partial charge on any atom is 0.245 e. The molecule has 2 aromatic rings. The van der Waals surface area contributed by atoms with E-state index < -0.39 is 10.0 Å². The zero-order chi connectivity index (χ0) is 14.3. The Morgan fingerprint density at radius 1 is 1.48 bits per heavy atom. The van der Waals surface area contributed by atoms with Gasteiger partial charge in [0.2, 0.25) is 10.0 Å². The first-order valence-electron chi connectivity index (χ1n) is 6.37. The molecule has 3 N–H and O–H groups in total. The highest BCUT2D eigenvalue weighted by Gasteiger charge is 2.31. The van der Waals surface area contributed by atoms with E-state index in [0.29, 0.717) is 29.1 Å². The molecule has 1 saturated heterocycles. The van der Waals surface area contributed by atoms with Gasteiger partial charge in [-0.05, 0) is 18.9 Å². The molecule has 0 saturated carbocycles. The van der Waals surface area contributed by atoms with Crippen molar-refractivity contribution in [1.29, 1.82) is 0 Å². The van der Waals surface area contributed by atoms with Crippen LogP contribution in [0.3, 0.4) is 0 Å². The Morgan fingerprint density at radius 2 is 2.24 bits per heavy atom. The second-order valence-electron chi connectivity index (χ2n) is 4.93. The average Bonchev–Trinajstić information content (AvgIpc) is 2.85. The number of piperidine rings is 1. The number of aromatic nitrogens is 2. The predicted molar refractivity (Wildman–Crippen MR) is 84.3 cm³/mol. The van der Waals surface area contributed by atoms with Gasteiger partial charge >= 0.3 is 0 Å². The molecule has 0 bridgehead atoms. The molecule has 1 aliphatic heterocycles. The van der Waals surface area contributed by atoms with Crippen LogP contribution >= 0.6 is 24.0 Å². The molecule has 1 atom stereocenters. The second kappa shape index (κ2) is 6.10. The van der Waals surface area contributed by atoms with E-state index >= 15 is 0 Å². The zero-order valence-electron chi connectivity index (χ0n) is 11.1. The molecule has 9 heteroatoms. The first kappa shape index (κ1) is 16.5. The fourth-order valence-electron chi connectivity index (χ4n) is 2.52. The topological polar surface area (TPSA) is 92.1 Å². The van der Waals surface area contributed by atoms with Crippen LogP contribution in [-0.4, -0.2) is 41.8 Å². The van der Waals surface area contributed by atoms with Crippen molar-refractivity contribution in [2.24, 2.45) is 5.73 Å². The molecule has 1 fully saturated rings. The third-order valence-electron chi connectivity index (χ3n) is 3.52. The minimum absolute atomic E-state index is 0. The number of fused-ring (bicyclic) bond motifs is 1. The Bertz CT molecular complexity index is 747. The highest BCUT2D eigenvalue weighted by atomic mass is 35.5. The number of nitrogens with one attached hydrogen (secondary N) is 1. The van der Waals surface area contributed by atoms with E-state index in [2.05, 4.69) is 9.97 Å². The van der Waals surface area contributed by atoms with Crippen LogP contribution in [0, 0.1) is 0 Å². The quantitative estimate of drug-likeness (QED) is 0.862. The van der Waals surface area contributed by atoms with Crippen molar-refractivity contribution in [3.05, 3.63) is 23.5 Å². The lowest BCUT2D eigenvalue weighted by atomic mass is 10.1. The van der Waals surface area contributed by atoms with E-state index in [0.717, 1.165) is 12.8 Å². The maximum atomic E-state index is 12.7. The Morgan fingerprint density at radius 3 is 2.95 bits per heavy atom. The smallest absolute Gasteiger partial charge is 0.245 e. The molecule has 116 valence electrons. The fraction of sp³-hybridized carbons (Fsp3) is 0.417. The van der Waals surface area contributed by atoms with Gasteiger partial charge in [0.1, 0.15) is 10.5 Å². The van der Waals surface area contributed by atoms with Crippen LogP contribution in [0.4, 0.5) is 0 Å². The number of aromatic amines is 1. The summed E-state index contributed by atoms with van der Waals surface area (Å²) in [7, 11) is -3.60. The molecule has 1 unspecified atom stereocenters. The van der Waals surface area contributed by atoms with Crippen molar-refractivity contribution in [3.63, 3.8) is 0 Å². The van der Waals surface area contributed by atoms with Gasteiger partial charge in [-0.2, -0.15) is 4.31 Å². The highest BCUT2D eigenvalue weighted by Crippen LogP contribution is 2.31. The van der Waals surface area contributed by atoms with Crippen molar-refractivity contribution in [2.45, 2.75) is 23.8 Å². The Hall–Kier alpha value is -0.860. The molecule has 2 aromatic heterocycles. The van der Waals surface area contributed by atoms with Crippen LogP contribution in [0.15, 0.2) is 23.4 Å². The minimum atomic E-state index is -3.60. The van der Waals surface area contributed by atoms with Crippen LogP contribution in [-0.2, 0) is 10.0 Å². The van der Waals surface area contributed by atoms with Gasteiger partial charge in [-0.1, -0.05) is 11.6 Å². The molecule has 6 nitrogen and oxygen atoms in total. The lowest BCUT2D eigenvalue weighted by Crippen LogP contribution is -2.45. The SMILES string of the molecule is Cl.NC1CCCN(S(=O)(=O)c2c[nH]c3nccc(Cl)c23)C1. The number of sulfonamides is 1. The number of halogens is 2. The molecule has 0 radical (unpaired) electrons. The maximum absolute atomic E-state index is 12.7. The van der Waals surface area contributed by atoms with Crippen LogP contribution < -0.4 is 5.73 Å². The van der Waals surface area contributed by atoms with Gasteiger partial charge in [0.05, 0.1) is 10.4 Å². The standard InChI is InChI=1S/C12H15ClN4O2S.ClH/c13-9-3-4-15-12-11(9)10(6-16-12)20(18,19)17-5-1-2-8(14)7-17;/h3-4,6,8H,1-2,5,7,14H2,(H,15,16);1H. The predicted octanol–water partition coefficient (Wildman–Crippen LogP) is 1.75. The summed E-state index contributed by atoms with van der Waals surface area (Å²) < 4.78 is 26.9. The van der Waals surface area contributed by atoms with Crippen molar-refractivity contribution in [1.82, 2.24) is 14.3 Å². The van der Waals surface area contributed by atoms with E-state index in [1.54, 1.807) is 6.07 Å². The minimum Gasteiger partial charge on any atom is -0.345 e. The highest BCUT2D eigenvalue weighted by molar-refractivity contribution is 7.89. The van der Waals surface area contributed by atoms with Crippen molar-refractivity contribution < 1.29 is 8.42 Å². The summed E-state index contributed by atoms with van der Waals surface area (Å²) in [5, 5.41) is 0.810. The summed E-state index contributed by atoms with van der Waals surface area (Å²) in [6.07, 6.45) is 4.60.